The number of likely N-dealkylation sites (tertiary alicyclic amines) is 2. The summed E-state index contributed by atoms with van der Waals surface area (Å²) in [5.74, 6) is 0. The minimum absolute atomic E-state index is 0.0119. The number of piperidine rings is 1. The Bertz CT molecular complexity index is 788. The first-order chi connectivity index (χ1) is 13.7. The molecule has 0 unspecified atom stereocenters. The third-order valence-corrected chi connectivity index (χ3v) is 5.99. The number of carbonyl (C=O) groups is 1. The van der Waals surface area contributed by atoms with E-state index in [1.54, 1.807) is 0 Å². The Morgan fingerprint density at radius 3 is 2.46 bits per heavy atom. The second kappa shape index (κ2) is 8.65. The molecule has 1 N–H and O–H groups in total. The molecule has 28 heavy (non-hydrogen) atoms. The van der Waals surface area contributed by atoms with Crippen molar-refractivity contribution in [2.45, 2.75) is 31.7 Å². The molecule has 2 amide bonds. The largest absolute Gasteiger partial charge is 0.343 e. The molecule has 2 aliphatic rings. The highest BCUT2D eigenvalue weighted by molar-refractivity contribution is 5.94. The van der Waals surface area contributed by atoms with E-state index < -0.39 is 0 Å². The molecule has 5 heteroatoms. The maximum Gasteiger partial charge on any atom is 0.321 e. The van der Waals surface area contributed by atoms with Crippen molar-refractivity contribution in [3.8, 4) is 0 Å². The molecule has 0 spiro atoms. The van der Waals surface area contributed by atoms with Gasteiger partial charge in [-0.1, -0.05) is 30.3 Å². The number of carbonyl (C=O) groups excluding carboxylic acids is 1. The zero-order valence-corrected chi connectivity index (χ0v) is 16.7. The Hall–Kier alpha value is -2.53. The molecule has 0 bridgehead atoms. The van der Waals surface area contributed by atoms with Crippen molar-refractivity contribution < 1.29 is 4.79 Å². The van der Waals surface area contributed by atoms with Gasteiger partial charge in [-0.25, -0.2) is 4.79 Å². The number of hydrogen-bond acceptors (Lipinski definition) is 3. The van der Waals surface area contributed by atoms with E-state index >= 15 is 0 Å². The average Bonchev–Trinajstić information content (AvgIpc) is 3.29. The predicted octanol–water partition coefficient (Wildman–Crippen LogP) is 4.55. The van der Waals surface area contributed by atoms with Gasteiger partial charge < -0.3 is 15.1 Å². The quantitative estimate of drug-likeness (QED) is 0.848. The first-order valence-electron chi connectivity index (χ1n) is 10.4. The van der Waals surface area contributed by atoms with Crippen LogP contribution in [0.25, 0.3) is 0 Å². The summed E-state index contributed by atoms with van der Waals surface area (Å²) >= 11 is 0. The molecule has 2 aromatic carbocycles. The van der Waals surface area contributed by atoms with Gasteiger partial charge in [0.15, 0.2) is 0 Å². The van der Waals surface area contributed by atoms with Crippen molar-refractivity contribution in [3.05, 3.63) is 54.6 Å². The highest BCUT2D eigenvalue weighted by Gasteiger charge is 2.29. The number of rotatable bonds is 4. The van der Waals surface area contributed by atoms with E-state index in [2.05, 4.69) is 27.2 Å². The van der Waals surface area contributed by atoms with Crippen LogP contribution in [0.1, 0.15) is 25.7 Å². The third kappa shape index (κ3) is 4.14. The molecule has 0 radical (unpaired) electrons. The van der Waals surface area contributed by atoms with E-state index in [1.807, 2.05) is 54.4 Å². The highest BCUT2D eigenvalue weighted by Crippen LogP contribution is 2.31. The van der Waals surface area contributed by atoms with Crippen molar-refractivity contribution >= 4 is 23.1 Å². The van der Waals surface area contributed by atoms with Gasteiger partial charge in [0.25, 0.3) is 0 Å². The zero-order chi connectivity index (χ0) is 19.3. The average molecular weight is 379 g/mol. The summed E-state index contributed by atoms with van der Waals surface area (Å²) in [5.41, 5.74) is 2.94. The van der Waals surface area contributed by atoms with Crippen LogP contribution in [-0.2, 0) is 0 Å². The lowest BCUT2D eigenvalue weighted by Crippen LogP contribution is -2.50. The fraction of sp³-hybridized carbons (Fsp3) is 0.435. The Balaban J connectivity index is 1.46. The maximum absolute atomic E-state index is 13.0. The van der Waals surface area contributed by atoms with Crippen LogP contribution in [0.4, 0.5) is 21.9 Å². The number of hydrogen-bond donors (Lipinski definition) is 1. The summed E-state index contributed by atoms with van der Waals surface area (Å²) in [6.07, 6.45) is 4.88. The Morgan fingerprint density at radius 1 is 0.964 bits per heavy atom. The lowest BCUT2D eigenvalue weighted by molar-refractivity contribution is 0.132. The van der Waals surface area contributed by atoms with Gasteiger partial charge in [-0.05, 0) is 63.0 Å². The number of amides is 2. The number of anilines is 3. The molecule has 148 valence electrons. The zero-order valence-electron chi connectivity index (χ0n) is 16.7. The summed E-state index contributed by atoms with van der Waals surface area (Å²) in [6, 6.07) is 18.8. The summed E-state index contributed by atoms with van der Waals surface area (Å²) in [6.45, 7) is 4.05. The lowest BCUT2D eigenvalue weighted by Gasteiger charge is -2.37. The van der Waals surface area contributed by atoms with Crippen molar-refractivity contribution in [3.63, 3.8) is 0 Å². The number of nitrogens with one attached hydrogen (secondary N) is 1. The predicted molar refractivity (Wildman–Crippen MR) is 115 cm³/mol. The molecule has 0 aromatic heterocycles. The van der Waals surface area contributed by atoms with E-state index in [-0.39, 0.29) is 6.03 Å². The fourth-order valence-corrected chi connectivity index (χ4v) is 4.40. The Labute approximate surface area is 167 Å². The minimum Gasteiger partial charge on any atom is -0.343 e. The Kier molecular flexibility index (Phi) is 5.81. The number of nitrogens with zero attached hydrogens (tertiary/aromatic N) is 3. The molecule has 0 aliphatic carbocycles. The summed E-state index contributed by atoms with van der Waals surface area (Å²) < 4.78 is 0. The number of urea groups is 1. The van der Waals surface area contributed by atoms with Crippen LogP contribution >= 0.6 is 0 Å². The number of para-hydroxylation sites is 3. The van der Waals surface area contributed by atoms with Crippen LogP contribution in [0, 0.1) is 0 Å². The SMILES string of the molecule is CN(c1ccccc1)c1ccccc1NC(=O)N1CCC[C@@H](N2CCCC2)C1. The van der Waals surface area contributed by atoms with Gasteiger partial charge in [-0.3, -0.25) is 4.90 Å². The molecule has 5 nitrogen and oxygen atoms in total. The number of benzene rings is 2. The van der Waals surface area contributed by atoms with Crippen molar-refractivity contribution in [1.29, 1.82) is 0 Å². The van der Waals surface area contributed by atoms with E-state index in [1.165, 1.54) is 32.4 Å². The van der Waals surface area contributed by atoms with Crippen LogP contribution in [-0.4, -0.2) is 55.1 Å². The highest BCUT2D eigenvalue weighted by atomic mass is 16.2. The van der Waals surface area contributed by atoms with Gasteiger partial charge in [0.05, 0.1) is 11.4 Å². The molecule has 2 aromatic rings. The summed E-state index contributed by atoms with van der Waals surface area (Å²) in [7, 11) is 2.03. The van der Waals surface area contributed by atoms with E-state index in [0.717, 1.165) is 36.6 Å². The second-order valence-electron chi connectivity index (χ2n) is 7.83. The van der Waals surface area contributed by atoms with Crippen molar-refractivity contribution in [2.75, 3.05) is 43.4 Å². The van der Waals surface area contributed by atoms with Crippen LogP contribution in [0.5, 0.6) is 0 Å². The normalized spacial score (nSPS) is 20.2. The van der Waals surface area contributed by atoms with Crippen LogP contribution in [0.3, 0.4) is 0 Å². The molecule has 0 saturated carbocycles. The summed E-state index contributed by atoms with van der Waals surface area (Å²) in [4.78, 5) is 19.7. The molecule has 1 atom stereocenters. The molecular weight excluding hydrogens is 348 g/mol. The van der Waals surface area contributed by atoms with E-state index in [9.17, 15) is 4.79 Å². The molecule has 2 heterocycles. The first kappa shape index (κ1) is 18.8. The van der Waals surface area contributed by atoms with E-state index in [0.29, 0.717) is 6.04 Å². The second-order valence-corrected chi connectivity index (χ2v) is 7.83. The van der Waals surface area contributed by atoms with Gasteiger partial charge in [0, 0.05) is 31.9 Å². The molecule has 4 rings (SSSR count). The minimum atomic E-state index is 0.0119. The molecule has 2 saturated heterocycles. The molecular formula is C23H30N4O. The lowest BCUT2D eigenvalue weighted by atomic mass is 10.0. The van der Waals surface area contributed by atoms with E-state index in [4.69, 9.17) is 0 Å². The monoisotopic (exact) mass is 378 g/mol. The molecule has 2 aliphatic heterocycles. The van der Waals surface area contributed by atoms with Crippen molar-refractivity contribution in [2.24, 2.45) is 0 Å². The topological polar surface area (TPSA) is 38.8 Å². The van der Waals surface area contributed by atoms with Crippen LogP contribution in [0.15, 0.2) is 54.6 Å². The smallest absolute Gasteiger partial charge is 0.321 e. The van der Waals surface area contributed by atoms with Crippen LogP contribution in [0.2, 0.25) is 0 Å². The third-order valence-electron chi connectivity index (χ3n) is 5.99. The van der Waals surface area contributed by atoms with Gasteiger partial charge in [0.2, 0.25) is 0 Å². The summed E-state index contributed by atoms with van der Waals surface area (Å²) in [5, 5.41) is 3.17. The van der Waals surface area contributed by atoms with Gasteiger partial charge >= 0.3 is 6.03 Å². The van der Waals surface area contributed by atoms with Crippen LogP contribution < -0.4 is 10.2 Å². The Morgan fingerprint density at radius 2 is 1.68 bits per heavy atom. The van der Waals surface area contributed by atoms with Crippen molar-refractivity contribution in [1.82, 2.24) is 9.80 Å². The first-order valence-corrected chi connectivity index (χ1v) is 10.4. The fourth-order valence-electron chi connectivity index (χ4n) is 4.40. The molecule has 2 fully saturated rings. The maximum atomic E-state index is 13.0. The standard InChI is InChI=1S/C23H30N4O/c1-25(19-10-3-2-4-11-19)22-14-6-5-13-21(22)24-23(28)27-17-9-12-20(18-27)26-15-7-8-16-26/h2-6,10-11,13-14,20H,7-9,12,15-18H2,1H3,(H,24,28)/t20-/m1/s1. The van der Waals surface area contributed by atoms with Gasteiger partial charge in [-0.2, -0.15) is 0 Å². The van der Waals surface area contributed by atoms with Gasteiger partial charge in [0.1, 0.15) is 0 Å². The van der Waals surface area contributed by atoms with Gasteiger partial charge in [-0.15, -0.1) is 0 Å².